The lowest BCUT2D eigenvalue weighted by molar-refractivity contribution is -0.111. The van der Waals surface area contributed by atoms with Gasteiger partial charge in [-0.1, -0.05) is 41.9 Å². The lowest BCUT2D eigenvalue weighted by Crippen LogP contribution is -2.10. The maximum absolute atomic E-state index is 12.0. The Morgan fingerprint density at radius 3 is 2.61 bits per heavy atom. The number of rotatable bonds is 5. The summed E-state index contributed by atoms with van der Waals surface area (Å²) in [5.74, 6) is -0.795. The second-order valence-corrected chi connectivity index (χ2v) is 5.06. The van der Waals surface area contributed by atoms with Gasteiger partial charge in [0.1, 0.15) is 0 Å². The van der Waals surface area contributed by atoms with Crippen molar-refractivity contribution in [3.05, 3.63) is 70.8 Å². The van der Waals surface area contributed by atoms with Gasteiger partial charge in [0.05, 0.1) is 22.9 Å². The second kappa shape index (κ2) is 8.15. The summed E-state index contributed by atoms with van der Waals surface area (Å²) in [7, 11) is 0. The zero-order valence-corrected chi connectivity index (χ0v) is 13.3. The average molecular weight is 330 g/mol. The van der Waals surface area contributed by atoms with Crippen molar-refractivity contribution in [2.24, 2.45) is 0 Å². The summed E-state index contributed by atoms with van der Waals surface area (Å²) < 4.78 is 4.92. The van der Waals surface area contributed by atoms with Gasteiger partial charge in [-0.25, -0.2) is 4.79 Å². The van der Waals surface area contributed by atoms with E-state index in [9.17, 15) is 9.59 Å². The summed E-state index contributed by atoms with van der Waals surface area (Å²) in [6, 6.07) is 14.0. The van der Waals surface area contributed by atoms with Gasteiger partial charge in [-0.05, 0) is 36.8 Å². The van der Waals surface area contributed by atoms with Crippen LogP contribution in [0.15, 0.2) is 54.6 Å². The number of carbonyl (C=O) groups is 2. The number of hydrogen-bond acceptors (Lipinski definition) is 3. The van der Waals surface area contributed by atoms with Crippen molar-refractivity contribution >= 4 is 35.2 Å². The van der Waals surface area contributed by atoms with E-state index in [1.165, 1.54) is 12.1 Å². The predicted octanol–water partition coefficient (Wildman–Crippen LogP) is 4.17. The minimum absolute atomic E-state index is 0.281. The summed E-state index contributed by atoms with van der Waals surface area (Å²) in [6.45, 7) is 2.01. The normalized spacial score (nSPS) is 10.5. The fourth-order valence-corrected chi connectivity index (χ4v) is 2.04. The molecule has 2 aromatic rings. The number of halogens is 1. The highest BCUT2D eigenvalue weighted by atomic mass is 35.5. The van der Waals surface area contributed by atoms with E-state index in [0.29, 0.717) is 16.3 Å². The SMILES string of the molecule is CCOC(=O)c1ccc(Cl)c(NC(=O)C=Cc2ccccc2)c1. The third kappa shape index (κ3) is 4.97. The lowest BCUT2D eigenvalue weighted by atomic mass is 10.2. The van der Waals surface area contributed by atoms with Gasteiger partial charge in [0.25, 0.3) is 0 Å². The molecule has 1 N–H and O–H groups in total. The van der Waals surface area contributed by atoms with Gasteiger partial charge in [-0.15, -0.1) is 0 Å². The molecule has 2 aromatic carbocycles. The molecule has 0 saturated heterocycles. The molecular weight excluding hydrogens is 314 g/mol. The molecule has 0 fully saturated rings. The third-order valence-corrected chi connectivity index (χ3v) is 3.29. The van der Waals surface area contributed by atoms with E-state index in [1.54, 1.807) is 25.1 Å². The largest absolute Gasteiger partial charge is 0.462 e. The first-order valence-electron chi connectivity index (χ1n) is 7.11. The maximum atomic E-state index is 12.0. The molecule has 5 heteroatoms. The Hall–Kier alpha value is -2.59. The van der Waals surface area contributed by atoms with Crippen LogP contribution in [0.3, 0.4) is 0 Å². The van der Waals surface area contributed by atoms with Crippen LogP contribution in [0.4, 0.5) is 5.69 Å². The second-order valence-electron chi connectivity index (χ2n) is 4.65. The summed E-state index contributed by atoms with van der Waals surface area (Å²) in [6.07, 6.45) is 3.10. The Bertz CT molecular complexity index is 726. The molecule has 23 heavy (non-hydrogen) atoms. The zero-order chi connectivity index (χ0) is 16.7. The van der Waals surface area contributed by atoms with Crippen LogP contribution >= 0.6 is 11.6 Å². The Kier molecular flexibility index (Phi) is 5.94. The molecule has 0 aliphatic carbocycles. The Morgan fingerprint density at radius 2 is 1.91 bits per heavy atom. The molecule has 1 amide bonds. The number of hydrogen-bond donors (Lipinski definition) is 1. The van der Waals surface area contributed by atoms with E-state index >= 15 is 0 Å². The molecule has 118 valence electrons. The predicted molar refractivity (Wildman–Crippen MR) is 91.5 cm³/mol. The fourth-order valence-electron chi connectivity index (χ4n) is 1.87. The molecule has 2 rings (SSSR count). The molecular formula is C18H16ClNO3. The van der Waals surface area contributed by atoms with E-state index in [-0.39, 0.29) is 12.5 Å². The smallest absolute Gasteiger partial charge is 0.338 e. The van der Waals surface area contributed by atoms with Gasteiger partial charge < -0.3 is 10.1 Å². The maximum Gasteiger partial charge on any atom is 0.338 e. The molecule has 0 heterocycles. The molecule has 0 atom stereocenters. The molecule has 0 aliphatic rings. The van der Waals surface area contributed by atoms with Crippen molar-refractivity contribution in [2.75, 3.05) is 11.9 Å². The highest BCUT2D eigenvalue weighted by Gasteiger charge is 2.10. The standard InChI is InChI=1S/C18H16ClNO3/c1-2-23-18(22)14-9-10-15(19)16(12-14)20-17(21)11-8-13-6-4-3-5-7-13/h3-12H,2H2,1H3,(H,20,21). The molecule has 0 aliphatic heterocycles. The number of ether oxygens (including phenoxy) is 1. The van der Waals surface area contributed by atoms with Crippen molar-refractivity contribution in [1.29, 1.82) is 0 Å². The van der Waals surface area contributed by atoms with Crippen LogP contribution in [0.1, 0.15) is 22.8 Å². The topological polar surface area (TPSA) is 55.4 Å². The first-order chi connectivity index (χ1) is 11.1. The van der Waals surface area contributed by atoms with Crippen molar-refractivity contribution in [2.45, 2.75) is 6.92 Å². The van der Waals surface area contributed by atoms with Crippen molar-refractivity contribution in [1.82, 2.24) is 0 Å². The zero-order valence-electron chi connectivity index (χ0n) is 12.6. The Morgan fingerprint density at radius 1 is 1.17 bits per heavy atom. The van der Waals surface area contributed by atoms with Crippen LogP contribution in [0.2, 0.25) is 5.02 Å². The van der Waals surface area contributed by atoms with Crippen molar-refractivity contribution in [3.8, 4) is 0 Å². The highest BCUT2D eigenvalue weighted by molar-refractivity contribution is 6.34. The molecule has 4 nitrogen and oxygen atoms in total. The van der Waals surface area contributed by atoms with Crippen molar-refractivity contribution in [3.63, 3.8) is 0 Å². The van der Waals surface area contributed by atoms with E-state index in [0.717, 1.165) is 5.56 Å². The van der Waals surface area contributed by atoms with Gasteiger partial charge in [-0.2, -0.15) is 0 Å². The minimum atomic E-state index is -0.459. The summed E-state index contributed by atoms with van der Waals surface area (Å²) in [4.78, 5) is 23.7. The number of carbonyl (C=O) groups excluding carboxylic acids is 2. The summed E-state index contributed by atoms with van der Waals surface area (Å²) >= 11 is 6.05. The summed E-state index contributed by atoms with van der Waals surface area (Å²) in [5.41, 5.74) is 1.60. The van der Waals surface area contributed by atoms with Gasteiger partial charge >= 0.3 is 5.97 Å². The van der Waals surface area contributed by atoms with Crippen LogP contribution in [0.25, 0.3) is 6.08 Å². The van der Waals surface area contributed by atoms with Crippen molar-refractivity contribution < 1.29 is 14.3 Å². The third-order valence-electron chi connectivity index (χ3n) is 2.96. The minimum Gasteiger partial charge on any atom is -0.462 e. The number of amides is 1. The van der Waals surface area contributed by atoms with Gasteiger partial charge in [0, 0.05) is 6.08 Å². The van der Waals surface area contributed by atoms with Gasteiger partial charge in [0.15, 0.2) is 0 Å². The van der Waals surface area contributed by atoms with Crippen LogP contribution in [-0.4, -0.2) is 18.5 Å². The Labute approximate surface area is 139 Å². The molecule has 0 unspecified atom stereocenters. The van der Waals surface area contributed by atoms with Crippen LogP contribution in [-0.2, 0) is 9.53 Å². The number of nitrogens with one attached hydrogen (secondary N) is 1. The van der Waals surface area contributed by atoms with E-state index in [4.69, 9.17) is 16.3 Å². The van der Waals surface area contributed by atoms with Gasteiger partial charge in [-0.3, -0.25) is 4.79 Å². The van der Waals surface area contributed by atoms with Crippen LogP contribution < -0.4 is 5.32 Å². The fraction of sp³-hybridized carbons (Fsp3) is 0.111. The van der Waals surface area contributed by atoms with E-state index < -0.39 is 5.97 Å². The molecule has 0 radical (unpaired) electrons. The van der Waals surface area contributed by atoms with E-state index in [1.807, 2.05) is 30.3 Å². The lowest BCUT2D eigenvalue weighted by Gasteiger charge is -2.08. The number of benzene rings is 2. The Balaban J connectivity index is 2.09. The average Bonchev–Trinajstić information content (AvgIpc) is 2.56. The van der Waals surface area contributed by atoms with Gasteiger partial charge in [0.2, 0.25) is 5.91 Å². The highest BCUT2D eigenvalue weighted by Crippen LogP contribution is 2.23. The van der Waals surface area contributed by atoms with Crippen LogP contribution in [0.5, 0.6) is 0 Å². The summed E-state index contributed by atoms with van der Waals surface area (Å²) in [5, 5.41) is 3.00. The number of anilines is 1. The quantitative estimate of drug-likeness (QED) is 0.661. The monoisotopic (exact) mass is 329 g/mol. The first-order valence-corrected chi connectivity index (χ1v) is 7.48. The molecule has 0 aromatic heterocycles. The molecule has 0 saturated carbocycles. The van der Waals surface area contributed by atoms with Crippen LogP contribution in [0, 0.1) is 0 Å². The first kappa shape index (κ1) is 16.8. The molecule has 0 spiro atoms. The van der Waals surface area contributed by atoms with E-state index in [2.05, 4.69) is 5.32 Å². The number of esters is 1. The molecule has 0 bridgehead atoms.